The zero-order valence-corrected chi connectivity index (χ0v) is 10.2. The highest BCUT2D eigenvalue weighted by Crippen LogP contribution is 2.15. The minimum atomic E-state index is -3.29. The molecular formula is C11H17NO2S. The van der Waals surface area contributed by atoms with Crippen LogP contribution < -0.4 is 0 Å². The summed E-state index contributed by atoms with van der Waals surface area (Å²) in [5, 5.41) is 0. The van der Waals surface area contributed by atoms with Gasteiger partial charge in [-0.15, -0.1) is 0 Å². The predicted octanol–water partition coefficient (Wildman–Crippen LogP) is 2.03. The molecule has 0 saturated carbocycles. The van der Waals surface area contributed by atoms with Crippen LogP contribution in [0, 0.1) is 6.92 Å². The average molecular weight is 227 g/mol. The lowest BCUT2D eigenvalue weighted by Gasteiger charge is -2.16. The number of hydrogen-bond donors (Lipinski definition) is 0. The molecule has 0 aliphatic carbocycles. The van der Waals surface area contributed by atoms with Gasteiger partial charge in [-0.1, -0.05) is 19.1 Å². The summed E-state index contributed by atoms with van der Waals surface area (Å²) in [5.41, 5.74) is 0.959. The summed E-state index contributed by atoms with van der Waals surface area (Å²) in [6.07, 6.45) is 0.821. The molecule has 15 heavy (non-hydrogen) atoms. The molecule has 0 heterocycles. The molecule has 84 valence electrons. The van der Waals surface area contributed by atoms with Gasteiger partial charge in [-0.05, 0) is 31.0 Å². The van der Waals surface area contributed by atoms with Gasteiger partial charge >= 0.3 is 0 Å². The molecule has 0 aliphatic heterocycles. The number of rotatable bonds is 4. The van der Waals surface area contributed by atoms with E-state index in [1.165, 1.54) is 4.31 Å². The van der Waals surface area contributed by atoms with Crippen molar-refractivity contribution in [2.45, 2.75) is 25.2 Å². The van der Waals surface area contributed by atoms with Crippen molar-refractivity contribution in [3.63, 3.8) is 0 Å². The van der Waals surface area contributed by atoms with E-state index in [9.17, 15) is 8.42 Å². The third-order valence-electron chi connectivity index (χ3n) is 2.24. The Morgan fingerprint density at radius 3 is 2.53 bits per heavy atom. The first-order chi connectivity index (χ1) is 6.98. The van der Waals surface area contributed by atoms with E-state index in [1.807, 2.05) is 19.9 Å². The molecule has 0 bridgehead atoms. The summed E-state index contributed by atoms with van der Waals surface area (Å²) in [7, 11) is -1.68. The molecule has 0 aliphatic rings. The predicted molar refractivity (Wildman–Crippen MR) is 61.3 cm³/mol. The second kappa shape index (κ2) is 4.77. The Labute approximate surface area is 91.8 Å². The van der Waals surface area contributed by atoms with Crippen LogP contribution in [0.1, 0.15) is 18.9 Å². The first-order valence-electron chi connectivity index (χ1n) is 5.01. The highest BCUT2D eigenvalue weighted by Gasteiger charge is 2.19. The Kier molecular flexibility index (Phi) is 3.88. The van der Waals surface area contributed by atoms with Crippen LogP contribution in [0.5, 0.6) is 0 Å². The molecular weight excluding hydrogens is 210 g/mol. The van der Waals surface area contributed by atoms with Crippen molar-refractivity contribution in [3.8, 4) is 0 Å². The molecule has 0 amide bonds. The first kappa shape index (κ1) is 12.2. The van der Waals surface area contributed by atoms with Gasteiger partial charge in [-0.3, -0.25) is 0 Å². The van der Waals surface area contributed by atoms with E-state index in [4.69, 9.17) is 0 Å². The highest BCUT2D eigenvalue weighted by atomic mass is 32.2. The van der Waals surface area contributed by atoms with Gasteiger partial charge in [0.2, 0.25) is 10.0 Å². The lowest BCUT2D eigenvalue weighted by molar-refractivity contribution is 0.468. The fraction of sp³-hybridized carbons (Fsp3) is 0.455. The lowest BCUT2D eigenvalue weighted by Crippen LogP contribution is -2.27. The summed E-state index contributed by atoms with van der Waals surface area (Å²) < 4.78 is 25.4. The van der Waals surface area contributed by atoms with Crippen LogP contribution in [0.2, 0.25) is 0 Å². The molecule has 1 aromatic carbocycles. The SMILES string of the molecule is CCCN(C)S(=O)(=O)c1cccc(C)c1. The van der Waals surface area contributed by atoms with Gasteiger partial charge in [0.1, 0.15) is 0 Å². The van der Waals surface area contributed by atoms with Gasteiger partial charge in [0.15, 0.2) is 0 Å². The topological polar surface area (TPSA) is 37.4 Å². The maximum atomic E-state index is 12.0. The highest BCUT2D eigenvalue weighted by molar-refractivity contribution is 7.89. The van der Waals surface area contributed by atoms with Crippen LogP contribution in [0.4, 0.5) is 0 Å². The van der Waals surface area contributed by atoms with Crippen molar-refractivity contribution < 1.29 is 8.42 Å². The van der Waals surface area contributed by atoms with Crippen molar-refractivity contribution in [2.75, 3.05) is 13.6 Å². The number of hydrogen-bond acceptors (Lipinski definition) is 2. The van der Waals surface area contributed by atoms with Crippen molar-refractivity contribution in [2.24, 2.45) is 0 Å². The minimum absolute atomic E-state index is 0.374. The zero-order valence-electron chi connectivity index (χ0n) is 9.40. The van der Waals surface area contributed by atoms with Crippen molar-refractivity contribution in [3.05, 3.63) is 29.8 Å². The Balaban J connectivity index is 3.06. The monoisotopic (exact) mass is 227 g/mol. The number of sulfonamides is 1. The van der Waals surface area contributed by atoms with Crippen LogP contribution in [-0.2, 0) is 10.0 Å². The first-order valence-corrected chi connectivity index (χ1v) is 6.45. The fourth-order valence-corrected chi connectivity index (χ4v) is 2.76. The second-order valence-electron chi connectivity index (χ2n) is 3.64. The second-order valence-corrected chi connectivity index (χ2v) is 5.69. The number of aryl methyl sites for hydroxylation is 1. The summed E-state index contributed by atoms with van der Waals surface area (Å²) in [5.74, 6) is 0. The van der Waals surface area contributed by atoms with E-state index >= 15 is 0 Å². The Bertz CT molecular complexity index is 426. The van der Waals surface area contributed by atoms with Crippen LogP contribution in [-0.4, -0.2) is 26.3 Å². The molecule has 3 nitrogen and oxygen atoms in total. The minimum Gasteiger partial charge on any atom is -0.207 e. The molecule has 0 saturated heterocycles. The lowest BCUT2D eigenvalue weighted by atomic mass is 10.2. The zero-order chi connectivity index (χ0) is 11.5. The standard InChI is InChI=1S/C11H17NO2S/c1-4-8-12(3)15(13,14)11-7-5-6-10(2)9-11/h5-7,9H,4,8H2,1-3H3. The number of benzene rings is 1. The Morgan fingerprint density at radius 2 is 2.00 bits per heavy atom. The largest absolute Gasteiger partial charge is 0.242 e. The maximum Gasteiger partial charge on any atom is 0.242 e. The summed E-state index contributed by atoms with van der Waals surface area (Å²) in [6, 6.07) is 6.98. The molecule has 0 fully saturated rings. The van der Waals surface area contributed by atoms with Gasteiger partial charge < -0.3 is 0 Å². The molecule has 0 atom stereocenters. The third-order valence-corrected chi connectivity index (χ3v) is 4.09. The molecule has 1 rings (SSSR count). The maximum absolute atomic E-state index is 12.0. The van der Waals surface area contributed by atoms with Gasteiger partial charge in [0.25, 0.3) is 0 Å². The van der Waals surface area contributed by atoms with Crippen LogP contribution in [0.15, 0.2) is 29.2 Å². The van der Waals surface area contributed by atoms with Crippen LogP contribution in [0.3, 0.4) is 0 Å². The molecule has 0 aromatic heterocycles. The molecule has 4 heteroatoms. The summed E-state index contributed by atoms with van der Waals surface area (Å²) in [4.78, 5) is 0.374. The summed E-state index contributed by atoms with van der Waals surface area (Å²) >= 11 is 0. The summed E-state index contributed by atoms with van der Waals surface area (Å²) in [6.45, 7) is 4.40. The normalized spacial score (nSPS) is 12.0. The van der Waals surface area contributed by atoms with Crippen LogP contribution in [0.25, 0.3) is 0 Å². The van der Waals surface area contributed by atoms with E-state index in [0.29, 0.717) is 11.4 Å². The average Bonchev–Trinajstić information content (AvgIpc) is 2.18. The molecule has 0 spiro atoms. The van der Waals surface area contributed by atoms with E-state index < -0.39 is 10.0 Å². The van der Waals surface area contributed by atoms with E-state index in [2.05, 4.69) is 0 Å². The Morgan fingerprint density at radius 1 is 1.33 bits per heavy atom. The number of nitrogens with zero attached hydrogens (tertiary/aromatic N) is 1. The van der Waals surface area contributed by atoms with E-state index in [1.54, 1.807) is 25.2 Å². The van der Waals surface area contributed by atoms with Crippen molar-refractivity contribution in [1.29, 1.82) is 0 Å². The quantitative estimate of drug-likeness (QED) is 0.789. The molecule has 0 radical (unpaired) electrons. The van der Waals surface area contributed by atoms with Gasteiger partial charge in [-0.25, -0.2) is 12.7 Å². The Hall–Kier alpha value is -0.870. The van der Waals surface area contributed by atoms with E-state index in [0.717, 1.165) is 12.0 Å². The van der Waals surface area contributed by atoms with E-state index in [-0.39, 0.29) is 0 Å². The van der Waals surface area contributed by atoms with Gasteiger partial charge in [0.05, 0.1) is 4.90 Å². The van der Waals surface area contributed by atoms with Crippen molar-refractivity contribution >= 4 is 10.0 Å². The van der Waals surface area contributed by atoms with Gasteiger partial charge in [-0.2, -0.15) is 0 Å². The van der Waals surface area contributed by atoms with Crippen LogP contribution >= 0.6 is 0 Å². The fourth-order valence-electron chi connectivity index (χ4n) is 1.39. The molecule has 0 unspecified atom stereocenters. The van der Waals surface area contributed by atoms with Crippen molar-refractivity contribution in [1.82, 2.24) is 4.31 Å². The molecule has 1 aromatic rings. The third kappa shape index (κ3) is 2.79. The molecule has 0 N–H and O–H groups in total. The smallest absolute Gasteiger partial charge is 0.207 e. The van der Waals surface area contributed by atoms with Gasteiger partial charge in [0, 0.05) is 13.6 Å².